The van der Waals surface area contributed by atoms with Gasteiger partial charge in [-0.15, -0.1) is 0 Å². The molecular weight excluding hydrogens is 276 g/mol. The first-order chi connectivity index (χ1) is 10.2. The van der Waals surface area contributed by atoms with Gasteiger partial charge in [0, 0.05) is 0 Å². The van der Waals surface area contributed by atoms with E-state index in [-0.39, 0.29) is 17.6 Å². The zero-order chi connectivity index (χ0) is 16.7. The van der Waals surface area contributed by atoms with E-state index in [0.717, 1.165) is 23.1 Å². The van der Waals surface area contributed by atoms with E-state index in [2.05, 4.69) is 6.58 Å². The van der Waals surface area contributed by atoms with Crippen molar-refractivity contribution in [2.24, 2.45) is 17.3 Å². The number of rotatable bonds is 3. The quantitative estimate of drug-likeness (QED) is 0.697. The zero-order valence-corrected chi connectivity index (χ0v) is 14.0. The van der Waals surface area contributed by atoms with E-state index in [1.807, 2.05) is 39.8 Å². The summed E-state index contributed by atoms with van der Waals surface area (Å²) in [6.07, 6.45) is 5.75. The van der Waals surface area contributed by atoms with Crippen molar-refractivity contribution >= 4 is 0 Å². The number of hydrogen-bond donors (Lipinski definition) is 3. The Morgan fingerprint density at radius 2 is 2.00 bits per heavy atom. The van der Waals surface area contributed by atoms with Crippen LogP contribution in [-0.4, -0.2) is 27.5 Å². The molecule has 0 bridgehead atoms. The molecule has 0 fully saturated rings. The van der Waals surface area contributed by atoms with Crippen molar-refractivity contribution < 1.29 is 15.3 Å². The Kier molecular flexibility index (Phi) is 4.69. The van der Waals surface area contributed by atoms with E-state index in [1.165, 1.54) is 0 Å². The van der Waals surface area contributed by atoms with Gasteiger partial charge in [-0.1, -0.05) is 31.2 Å². The molecule has 2 aliphatic rings. The Hall–Kier alpha value is -1.32. The van der Waals surface area contributed by atoms with Gasteiger partial charge in [0.15, 0.2) is 0 Å². The van der Waals surface area contributed by atoms with Crippen LogP contribution in [0, 0.1) is 17.3 Å². The summed E-state index contributed by atoms with van der Waals surface area (Å²) in [5.74, 6) is 0.163. The van der Waals surface area contributed by atoms with Crippen molar-refractivity contribution in [1.82, 2.24) is 0 Å². The second-order valence-corrected chi connectivity index (χ2v) is 6.99. The molecule has 0 saturated carbocycles. The third-order valence-corrected chi connectivity index (χ3v) is 5.47. The lowest BCUT2D eigenvalue weighted by molar-refractivity contribution is 0.00627. The zero-order valence-electron chi connectivity index (χ0n) is 14.0. The van der Waals surface area contributed by atoms with E-state index >= 15 is 0 Å². The van der Waals surface area contributed by atoms with Gasteiger partial charge >= 0.3 is 0 Å². The van der Waals surface area contributed by atoms with Crippen molar-refractivity contribution in [2.75, 3.05) is 0 Å². The molecule has 0 saturated heterocycles. The minimum absolute atomic E-state index is 0.0328. The van der Waals surface area contributed by atoms with Gasteiger partial charge in [0.25, 0.3) is 0 Å². The maximum atomic E-state index is 10.7. The summed E-state index contributed by atoms with van der Waals surface area (Å²) in [5, 5.41) is 31.5. The highest BCUT2D eigenvalue weighted by Gasteiger charge is 2.49. The summed E-state index contributed by atoms with van der Waals surface area (Å²) in [6.45, 7) is 11.8. The van der Waals surface area contributed by atoms with E-state index in [4.69, 9.17) is 0 Å². The van der Waals surface area contributed by atoms with E-state index in [9.17, 15) is 15.3 Å². The highest BCUT2D eigenvalue weighted by atomic mass is 16.3. The minimum atomic E-state index is -0.788. The fourth-order valence-corrected chi connectivity index (χ4v) is 3.68. The van der Waals surface area contributed by atoms with Gasteiger partial charge in [0.2, 0.25) is 0 Å². The fraction of sp³-hybridized carbons (Fsp3) is 0.579. The van der Waals surface area contributed by atoms with Crippen molar-refractivity contribution in [3.8, 4) is 0 Å². The average Bonchev–Trinajstić information content (AvgIpc) is 2.46. The fourth-order valence-electron chi connectivity index (χ4n) is 3.68. The molecular formula is C19H28O3. The van der Waals surface area contributed by atoms with Gasteiger partial charge in [-0.2, -0.15) is 0 Å². The molecule has 3 nitrogen and oxygen atoms in total. The predicted octanol–water partition coefficient (Wildman–Crippen LogP) is 3.66. The lowest BCUT2D eigenvalue weighted by Gasteiger charge is -2.47. The first kappa shape index (κ1) is 17.0. The van der Waals surface area contributed by atoms with Crippen LogP contribution in [0.4, 0.5) is 0 Å². The summed E-state index contributed by atoms with van der Waals surface area (Å²) in [7, 11) is 0. The lowest BCUT2D eigenvalue weighted by Crippen LogP contribution is -2.46. The monoisotopic (exact) mass is 304 g/mol. The highest BCUT2D eigenvalue weighted by molar-refractivity contribution is 5.36. The molecule has 3 N–H and O–H groups in total. The number of aliphatic hydroxyl groups is 3. The Balaban J connectivity index is 2.49. The SMILES string of the molecule is C=C(C)[C@@H]1C[C@H](O)C(C)=C[C@H]1C1(C)C(O)=CC(CC)=CC1O. The van der Waals surface area contributed by atoms with Crippen LogP contribution in [0.5, 0.6) is 0 Å². The van der Waals surface area contributed by atoms with Crippen LogP contribution in [0.15, 0.2) is 47.3 Å². The van der Waals surface area contributed by atoms with Gasteiger partial charge in [0.1, 0.15) is 5.76 Å². The van der Waals surface area contributed by atoms with Crippen molar-refractivity contribution in [2.45, 2.75) is 52.7 Å². The number of aliphatic hydroxyl groups excluding tert-OH is 3. The van der Waals surface area contributed by atoms with E-state index in [1.54, 1.807) is 6.08 Å². The number of hydrogen-bond acceptors (Lipinski definition) is 3. The molecule has 2 unspecified atom stereocenters. The molecule has 0 aromatic rings. The lowest BCUT2D eigenvalue weighted by atomic mass is 9.59. The molecule has 2 rings (SSSR count). The molecule has 22 heavy (non-hydrogen) atoms. The average molecular weight is 304 g/mol. The van der Waals surface area contributed by atoms with Crippen LogP contribution in [0.2, 0.25) is 0 Å². The Labute approximate surface area is 133 Å². The highest BCUT2D eigenvalue weighted by Crippen LogP contribution is 2.50. The van der Waals surface area contributed by atoms with Crippen LogP contribution < -0.4 is 0 Å². The molecule has 0 aliphatic heterocycles. The van der Waals surface area contributed by atoms with Gasteiger partial charge in [0.05, 0.1) is 17.6 Å². The second-order valence-electron chi connectivity index (χ2n) is 6.99. The van der Waals surface area contributed by atoms with Crippen LogP contribution in [0.1, 0.15) is 40.5 Å². The first-order valence-corrected chi connectivity index (χ1v) is 8.03. The summed E-state index contributed by atoms with van der Waals surface area (Å²) in [5.41, 5.74) is 2.03. The van der Waals surface area contributed by atoms with Crippen LogP contribution >= 0.6 is 0 Å². The van der Waals surface area contributed by atoms with Crippen molar-refractivity contribution in [3.05, 3.63) is 47.3 Å². The smallest absolute Gasteiger partial charge is 0.102 e. The first-order valence-electron chi connectivity index (χ1n) is 8.03. The molecule has 0 aromatic heterocycles. The topological polar surface area (TPSA) is 60.7 Å². The van der Waals surface area contributed by atoms with Crippen LogP contribution in [-0.2, 0) is 0 Å². The summed E-state index contributed by atoms with van der Waals surface area (Å²) >= 11 is 0. The van der Waals surface area contributed by atoms with Crippen molar-refractivity contribution in [1.29, 1.82) is 0 Å². The summed E-state index contributed by atoms with van der Waals surface area (Å²) < 4.78 is 0. The van der Waals surface area contributed by atoms with Gasteiger partial charge in [-0.05, 0) is 62.7 Å². The van der Waals surface area contributed by atoms with Crippen molar-refractivity contribution in [3.63, 3.8) is 0 Å². The Morgan fingerprint density at radius 3 is 2.50 bits per heavy atom. The molecule has 5 atom stereocenters. The third kappa shape index (κ3) is 2.68. The molecule has 0 aromatic carbocycles. The maximum absolute atomic E-state index is 10.7. The molecule has 0 spiro atoms. The molecule has 122 valence electrons. The van der Waals surface area contributed by atoms with Gasteiger partial charge in [-0.3, -0.25) is 0 Å². The van der Waals surface area contributed by atoms with Crippen LogP contribution in [0.3, 0.4) is 0 Å². The van der Waals surface area contributed by atoms with Gasteiger partial charge in [-0.25, -0.2) is 0 Å². The molecule has 3 heteroatoms. The second kappa shape index (κ2) is 6.05. The van der Waals surface area contributed by atoms with Crippen LogP contribution in [0.25, 0.3) is 0 Å². The predicted molar refractivity (Wildman–Crippen MR) is 89.4 cm³/mol. The maximum Gasteiger partial charge on any atom is 0.102 e. The number of allylic oxidation sites excluding steroid dienone is 4. The Bertz CT molecular complexity index is 555. The molecule has 0 radical (unpaired) electrons. The van der Waals surface area contributed by atoms with E-state index in [0.29, 0.717) is 6.42 Å². The normalized spacial score (nSPS) is 38.9. The molecule has 2 aliphatic carbocycles. The molecule has 0 heterocycles. The largest absolute Gasteiger partial charge is 0.512 e. The minimum Gasteiger partial charge on any atom is -0.512 e. The standard InChI is InChI=1S/C19H28O3/c1-6-13-8-17(21)19(5,18(22)9-13)15-7-12(4)16(20)10-14(15)11(2)3/h7-9,14-17,20-22H,2,6,10H2,1,3-5H3/t14-,15+,16-,17?,19?/m0/s1. The molecule has 0 amide bonds. The van der Waals surface area contributed by atoms with Gasteiger partial charge < -0.3 is 15.3 Å². The Morgan fingerprint density at radius 1 is 1.36 bits per heavy atom. The van der Waals surface area contributed by atoms with E-state index < -0.39 is 17.6 Å². The summed E-state index contributed by atoms with van der Waals surface area (Å²) in [6, 6.07) is 0. The third-order valence-electron chi connectivity index (χ3n) is 5.47. The summed E-state index contributed by atoms with van der Waals surface area (Å²) in [4.78, 5) is 0.